The van der Waals surface area contributed by atoms with Crippen molar-refractivity contribution in [2.75, 3.05) is 0 Å². The molecular weight excluding hydrogens is 280 g/mol. The maximum absolute atomic E-state index is 5.89. The minimum Gasteiger partial charge on any atom is -0.454 e. The van der Waals surface area contributed by atoms with Gasteiger partial charge in [-0.1, -0.05) is 41.7 Å². The molecule has 0 atom stereocenters. The number of rotatable bonds is 1. The van der Waals surface area contributed by atoms with Crippen LogP contribution >= 0.6 is 11.3 Å². The molecule has 4 heteroatoms. The predicted octanol–water partition coefficient (Wildman–Crippen LogP) is 4.96. The second-order valence-electron chi connectivity index (χ2n) is 5.00. The summed E-state index contributed by atoms with van der Waals surface area (Å²) in [6.45, 7) is 0. The summed E-state index contributed by atoms with van der Waals surface area (Å²) in [4.78, 5) is 5.70. The lowest BCUT2D eigenvalue weighted by atomic mass is 10.2. The minimum atomic E-state index is 0.816. The van der Waals surface area contributed by atoms with Crippen molar-refractivity contribution in [2.45, 2.75) is 0 Å². The van der Waals surface area contributed by atoms with Crippen molar-refractivity contribution in [3.63, 3.8) is 0 Å². The molecule has 0 amide bonds. The molecule has 21 heavy (non-hydrogen) atoms. The molecule has 3 aromatic heterocycles. The summed E-state index contributed by atoms with van der Waals surface area (Å²) in [5.41, 5.74) is 2.96. The molecule has 5 rings (SSSR count). The van der Waals surface area contributed by atoms with Gasteiger partial charge in [0.1, 0.15) is 11.3 Å². The third kappa shape index (κ3) is 1.56. The highest BCUT2D eigenvalue weighted by atomic mass is 32.1. The molecule has 0 aliphatic rings. The van der Waals surface area contributed by atoms with Crippen molar-refractivity contribution in [1.29, 1.82) is 0 Å². The number of nitrogens with zero attached hydrogens (tertiary/aromatic N) is 2. The van der Waals surface area contributed by atoms with Gasteiger partial charge in [0.25, 0.3) is 0 Å². The first-order valence-corrected chi connectivity index (χ1v) is 7.56. The summed E-state index contributed by atoms with van der Waals surface area (Å²) >= 11 is 1.69. The van der Waals surface area contributed by atoms with Crippen LogP contribution in [0.4, 0.5) is 0 Å². The topological polar surface area (TPSA) is 30.4 Å². The second-order valence-corrected chi connectivity index (χ2v) is 6.01. The first kappa shape index (κ1) is 11.1. The number of fused-ring (bicyclic) bond motifs is 4. The van der Waals surface area contributed by atoms with Gasteiger partial charge in [0.2, 0.25) is 0 Å². The molecule has 0 saturated carbocycles. The van der Waals surface area contributed by atoms with Gasteiger partial charge in [0.15, 0.2) is 10.7 Å². The van der Waals surface area contributed by atoms with Crippen molar-refractivity contribution >= 4 is 37.5 Å². The molecule has 0 aliphatic carbocycles. The first-order valence-electron chi connectivity index (χ1n) is 6.74. The molecule has 5 aromatic rings. The van der Waals surface area contributed by atoms with Crippen molar-refractivity contribution in [3.05, 3.63) is 60.8 Å². The van der Waals surface area contributed by atoms with E-state index in [2.05, 4.69) is 34.7 Å². The summed E-state index contributed by atoms with van der Waals surface area (Å²) in [6.07, 6.45) is 2.05. The zero-order chi connectivity index (χ0) is 13.8. The third-order valence-corrected chi connectivity index (χ3v) is 4.71. The Morgan fingerprint density at radius 1 is 1.00 bits per heavy atom. The van der Waals surface area contributed by atoms with E-state index in [4.69, 9.17) is 9.40 Å². The van der Waals surface area contributed by atoms with Crippen molar-refractivity contribution in [3.8, 4) is 11.5 Å². The molecule has 3 heterocycles. The van der Waals surface area contributed by atoms with Crippen molar-refractivity contribution in [2.24, 2.45) is 0 Å². The quantitative estimate of drug-likeness (QED) is 0.436. The van der Waals surface area contributed by atoms with E-state index >= 15 is 0 Å². The van der Waals surface area contributed by atoms with Gasteiger partial charge < -0.3 is 4.42 Å². The molecule has 100 valence electrons. The lowest BCUT2D eigenvalue weighted by Crippen LogP contribution is -1.75. The van der Waals surface area contributed by atoms with Crippen LogP contribution < -0.4 is 0 Å². The number of para-hydroxylation sites is 2. The van der Waals surface area contributed by atoms with Gasteiger partial charge in [0.05, 0.1) is 10.2 Å². The minimum absolute atomic E-state index is 0.816. The standard InChI is InChI=1S/C17H10N2OS/c1-3-7-14-11(5-1)9-15(20-14)12-10-19-13-6-2-4-8-16(13)21-17(19)18-12/h1-10H. The van der Waals surface area contributed by atoms with E-state index in [0.29, 0.717) is 0 Å². The lowest BCUT2D eigenvalue weighted by molar-refractivity contribution is 0.629. The van der Waals surface area contributed by atoms with Gasteiger partial charge in [0, 0.05) is 11.6 Å². The number of aromatic nitrogens is 2. The van der Waals surface area contributed by atoms with Gasteiger partial charge in [-0.25, -0.2) is 4.98 Å². The van der Waals surface area contributed by atoms with Gasteiger partial charge in [-0.3, -0.25) is 4.40 Å². The largest absolute Gasteiger partial charge is 0.454 e. The normalized spacial score (nSPS) is 11.8. The van der Waals surface area contributed by atoms with E-state index in [0.717, 1.165) is 27.4 Å². The molecule has 0 saturated heterocycles. The molecule has 0 N–H and O–H groups in total. The predicted molar refractivity (Wildman–Crippen MR) is 85.8 cm³/mol. The van der Waals surface area contributed by atoms with E-state index in [1.807, 2.05) is 30.5 Å². The van der Waals surface area contributed by atoms with Crippen LogP contribution in [-0.2, 0) is 0 Å². The Labute approximate surface area is 124 Å². The molecule has 0 unspecified atom stereocenters. The molecule has 0 aliphatic heterocycles. The molecule has 0 radical (unpaired) electrons. The van der Waals surface area contributed by atoms with Crippen LogP contribution in [0.2, 0.25) is 0 Å². The highest BCUT2D eigenvalue weighted by Gasteiger charge is 2.13. The number of furan rings is 1. The Kier molecular flexibility index (Phi) is 2.10. The summed E-state index contributed by atoms with van der Waals surface area (Å²) in [5, 5.41) is 1.11. The summed E-state index contributed by atoms with van der Waals surface area (Å²) in [6, 6.07) is 18.4. The highest BCUT2D eigenvalue weighted by Crippen LogP contribution is 2.31. The van der Waals surface area contributed by atoms with Crippen LogP contribution in [0.15, 0.2) is 65.2 Å². The number of hydrogen-bond acceptors (Lipinski definition) is 3. The molecule has 3 nitrogen and oxygen atoms in total. The molecular formula is C17H10N2OS. The Hall–Kier alpha value is -2.59. The molecule has 0 bridgehead atoms. The fourth-order valence-electron chi connectivity index (χ4n) is 2.68. The number of thiazole rings is 1. The number of hydrogen-bond donors (Lipinski definition) is 0. The summed E-state index contributed by atoms with van der Waals surface area (Å²) < 4.78 is 9.27. The van der Waals surface area contributed by atoms with E-state index in [9.17, 15) is 0 Å². The second kappa shape index (κ2) is 3.96. The van der Waals surface area contributed by atoms with Crippen LogP contribution in [0, 0.1) is 0 Å². The zero-order valence-electron chi connectivity index (χ0n) is 11.0. The van der Waals surface area contributed by atoms with Gasteiger partial charge in [-0.15, -0.1) is 0 Å². The Balaban J connectivity index is 1.76. The van der Waals surface area contributed by atoms with Crippen LogP contribution in [0.3, 0.4) is 0 Å². The average molecular weight is 290 g/mol. The van der Waals surface area contributed by atoms with E-state index in [-0.39, 0.29) is 0 Å². The van der Waals surface area contributed by atoms with Crippen molar-refractivity contribution in [1.82, 2.24) is 9.38 Å². The Morgan fingerprint density at radius 2 is 1.86 bits per heavy atom. The maximum atomic E-state index is 5.89. The average Bonchev–Trinajstić information content (AvgIpc) is 3.18. The van der Waals surface area contributed by atoms with Crippen LogP contribution in [-0.4, -0.2) is 9.38 Å². The fourth-order valence-corrected chi connectivity index (χ4v) is 3.68. The maximum Gasteiger partial charge on any atom is 0.195 e. The fraction of sp³-hybridized carbons (Fsp3) is 0. The highest BCUT2D eigenvalue weighted by molar-refractivity contribution is 7.23. The van der Waals surface area contributed by atoms with Crippen molar-refractivity contribution < 1.29 is 4.42 Å². The third-order valence-electron chi connectivity index (χ3n) is 3.68. The SMILES string of the molecule is c1ccc2oc(-c3cn4c(n3)sc3ccccc34)cc2c1. The van der Waals surface area contributed by atoms with Gasteiger partial charge in [-0.2, -0.15) is 0 Å². The lowest BCUT2D eigenvalue weighted by Gasteiger charge is -1.89. The molecule has 0 fully saturated rings. The van der Waals surface area contributed by atoms with Crippen LogP contribution in [0.1, 0.15) is 0 Å². The summed E-state index contributed by atoms with van der Waals surface area (Å²) in [7, 11) is 0. The number of benzene rings is 2. The van der Waals surface area contributed by atoms with Gasteiger partial charge >= 0.3 is 0 Å². The number of imidazole rings is 1. The zero-order valence-corrected chi connectivity index (χ0v) is 11.8. The van der Waals surface area contributed by atoms with E-state index in [1.165, 1.54) is 10.2 Å². The Morgan fingerprint density at radius 3 is 2.81 bits per heavy atom. The summed E-state index contributed by atoms with van der Waals surface area (Å²) in [5.74, 6) is 0.816. The molecule has 2 aromatic carbocycles. The van der Waals surface area contributed by atoms with Gasteiger partial charge in [-0.05, 0) is 24.3 Å². The van der Waals surface area contributed by atoms with Crippen LogP contribution in [0.25, 0.3) is 37.6 Å². The van der Waals surface area contributed by atoms with Crippen LogP contribution in [0.5, 0.6) is 0 Å². The smallest absolute Gasteiger partial charge is 0.195 e. The molecule has 0 spiro atoms. The van der Waals surface area contributed by atoms with E-state index < -0.39 is 0 Å². The Bertz CT molecular complexity index is 1070. The monoisotopic (exact) mass is 290 g/mol. The first-order chi connectivity index (χ1) is 10.4. The van der Waals surface area contributed by atoms with E-state index in [1.54, 1.807) is 11.3 Å².